The summed E-state index contributed by atoms with van der Waals surface area (Å²) in [5.41, 5.74) is 0.110. The number of aliphatic hydroxyl groups excluding tert-OH is 2. The zero-order valence-electron chi connectivity index (χ0n) is 8.09. The third-order valence-electron chi connectivity index (χ3n) is 1.91. The van der Waals surface area contributed by atoms with Gasteiger partial charge in [0.05, 0.1) is 19.4 Å². The molecular weight excluding hydrogens is 221 g/mol. The van der Waals surface area contributed by atoms with Crippen LogP contribution in [-0.4, -0.2) is 34.2 Å². The number of pyridine rings is 1. The predicted octanol–water partition coefficient (Wildman–Crippen LogP) is 0.553. The van der Waals surface area contributed by atoms with Crippen LogP contribution < -0.4 is 4.74 Å². The molecule has 0 fully saturated rings. The van der Waals surface area contributed by atoms with Crippen LogP contribution in [0, 0.1) is 5.82 Å². The maximum absolute atomic E-state index is 12.9. The number of nitrogens with zero attached hydrogens (tertiary/aromatic N) is 1. The third kappa shape index (κ3) is 2.80. The molecule has 0 radical (unpaired) electrons. The average Bonchev–Trinajstić information content (AvgIpc) is 2.27. The highest BCUT2D eigenvalue weighted by molar-refractivity contribution is 7.80. The molecule has 0 saturated carbocycles. The van der Waals surface area contributed by atoms with Crippen LogP contribution in [0.15, 0.2) is 12.3 Å². The van der Waals surface area contributed by atoms with Crippen molar-refractivity contribution in [3.63, 3.8) is 0 Å². The largest absolute Gasteiger partial charge is 0.481 e. The Morgan fingerprint density at radius 3 is 2.80 bits per heavy atom. The van der Waals surface area contributed by atoms with Crippen LogP contribution in [0.4, 0.5) is 4.39 Å². The van der Waals surface area contributed by atoms with Crippen LogP contribution in [0.25, 0.3) is 0 Å². The molecule has 1 rings (SSSR count). The van der Waals surface area contributed by atoms with Gasteiger partial charge in [0.2, 0.25) is 5.88 Å². The summed E-state index contributed by atoms with van der Waals surface area (Å²) in [5.74, 6) is -0.457. The first-order valence-corrected chi connectivity index (χ1v) is 4.89. The Labute approximate surface area is 92.1 Å². The van der Waals surface area contributed by atoms with E-state index in [9.17, 15) is 14.6 Å². The molecule has 0 aromatic carbocycles. The number of ether oxygens (including phenoxy) is 1. The van der Waals surface area contributed by atoms with E-state index in [1.807, 2.05) is 0 Å². The van der Waals surface area contributed by atoms with Gasteiger partial charge in [-0.15, -0.1) is 0 Å². The molecule has 0 amide bonds. The quantitative estimate of drug-likeness (QED) is 0.665. The lowest BCUT2D eigenvalue weighted by Crippen LogP contribution is -2.20. The van der Waals surface area contributed by atoms with Gasteiger partial charge in [-0.2, -0.15) is 12.6 Å². The van der Waals surface area contributed by atoms with Crippen LogP contribution in [-0.2, 0) is 0 Å². The SMILES string of the molecule is COc1ncc(F)cc1C(O)C(O)CS. The van der Waals surface area contributed by atoms with Crippen molar-refractivity contribution in [2.75, 3.05) is 12.9 Å². The fourth-order valence-corrected chi connectivity index (χ4v) is 1.33. The standard InChI is InChI=1S/C9H12FNO3S/c1-14-9-6(2-5(10)3-11-9)8(13)7(12)4-15/h2-3,7-8,12-13,15H,4H2,1H3. The van der Waals surface area contributed by atoms with Crippen molar-refractivity contribution in [1.29, 1.82) is 0 Å². The van der Waals surface area contributed by atoms with Crippen molar-refractivity contribution in [1.82, 2.24) is 4.98 Å². The minimum Gasteiger partial charge on any atom is -0.481 e. The maximum atomic E-state index is 12.9. The lowest BCUT2D eigenvalue weighted by Gasteiger charge is -2.17. The van der Waals surface area contributed by atoms with Gasteiger partial charge < -0.3 is 14.9 Å². The predicted molar refractivity (Wildman–Crippen MR) is 55.6 cm³/mol. The van der Waals surface area contributed by atoms with Gasteiger partial charge >= 0.3 is 0 Å². The fraction of sp³-hybridized carbons (Fsp3) is 0.444. The number of rotatable bonds is 4. The second-order valence-electron chi connectivity index (χ2n) is 2.95. The molecule has 1 aromatic rings. The van der Waals surface area contributed by atoms with E-state index in [4.69, 9.17) is 4.74 Å². The van der Waals surface area contributed by atoms with Crippen LogP contribution in [0.2, 0.25) is 0 Å². The van der Waals surface area contributed by atoms with Gasteiger partial charge in [-0.1, -0.05) is 0 Å². The number of hydrogen-bond acceptors (Lipinski definition) is 5. The topological polar surface area (TPSA) is 62.6 Å². The molecule has 0 bridgehead atoms. The van der Waals surface area contributed by atoms with E-state index < -0.39 is 18.0 Å². The Balaban J connectivity index is 3.05. The molecule has 2 atom stereocenters. The summed E-state index contributed by atoms with van der Waals surface area (Å²) in [6.45, 7) is 0. The molecule has 4 nitrogen and oxygen atoms in total. The molecule has 0 aliphatic heterocycles. The highest BCUT2D eigenvalue weighted by Gasteiger charge is 2.22. The average molecular weight is 233 g/mol. The van der Waals surface area contributed by atoms with Gasteiger partial charge in [-0.3, -0.25) is 0 Å². The van der Waals surface area contributed by atoms with E-state index in [-0.39, 0.29) is 17.2 Å². The molecule has 15 heavy (non-hydrogen) atoms. The van der Waals surface area contributed by atoms with Gasteiger partial charge in [0, 0.05) is 11.3 Å². The monoisotopic (exact) mass is 233 g/mol. The van der Waals surface area contributed by atoms with Gasteiger partial charge in [-0.25, -0.2) is 9.37 Å². The maximum Gasteiger partial charge on any atom is 0.219 e. The number of aliphatic hydroxyl groups is 2. The molecule has 0 aliphatic rings. The first-order chi connectivity index (χ1) is 7.10. The summed E-state index contributed by atoms with van der Waals surface area (Å²) in [4.78, 5) is 3.64. The van der Waals surface area contributed by atoms with Crippen molar-refractivity contribution in [2.45, 2.75) is 12.2 Å². The van der Waals surface area contributed by atoms with E-state index in [2.05, 4.69) is 17.6 Å². The number of halogens is 1. The zero-order chi connectivity index (χ0) is 11.4. The van der Waals surface area contributed by atoms with E-state index >= 15 is 0 Å². The van der Waals surface area contributed by atoms with Gasteiger partial charge in [0.25, 0.3) is 0 Å². The summed E-state index contributed by atoms with van der Waals surface area (Å²) < 4.78 is 17.7. The highest BCUT2D eigenvalue weighted by Crippen LogP contribution is 2.26. The summed E-state index contributed by atoms with van der Waals surface area (Å²) in [6.07, 6.45) is -1.38. The van der Waals surface area contributed by atoms with E-state index in [0.717, 1.165) is 12.3 Å². The smallest absolute Gasteiger partial charge is 0.219 e. The summed E-state index contributed by atoms with van der Waals surface area (Å²) >= 11 is 3.83. The van der Waals surface area contributed by atoms with Gasteiger partial charge in [-0.05, 0) is 6.07 Å². The van der Waals surface area contributed by atoms with Crippen molar-refractivity contribution in [3.8, 4) is 5.88 Å². The molecule has 6 heteroatoms. The van der Waals surface area contributed by atoms with Crippen LogP contribution in [0.3, 0.4) is 0 Å². The lowest BCUT2D eigenvalue weighted by atomic mass is 10.1. The molecule has 1 aromatic heterocycles. The first kappa shape index (κ1) is 12.2. The molecule has 0 spiro atoms. The second kappa shape index (κ2) is 5.29. The normalized spacial score (nSPS) is 14.7. The first-order valence-electron chi connectivity index (χ1n) is 4.26. The zero-order valence-corrected chi connectivity index (χ0v) is 8.99. The minimum atomic E-state index is -1.26. The number of aromatic nitrogens is 1. The van der Waals surface area contributed by atoms with Crippen molar-refractivity contribution in [2.24, 2.45) is 0 Å². The van der Waals surface area contributed by atoms with Crippen molar-refractivity contribution >= 4 is 12.6 Å². The Morgan fingerprint density at radius 1 is 1.60 bits per heavy atom. The second-order valence-corrected chi connectivity index (χ2v) is 3.31. The third-order valence-corrected chi connectivity index (χ3v) is 2.28. The van der Waals surface area contributed by atoms with Crippen molar-refractivity contribution in [3.05, 3.63) is 23.6 Å². The number of hydrogen-bond donors (Lipinski definition) is 3. The Bertz CT molecular complexity index is 337. The lowest BCUT2D eigenvalue weighted by molar-refractivity contribution is 0.0316. The molecule has 1 heterocycles. The van der Waals surface area contributed by atoms with Gasteiger partial charge in [0.1, 0.15) is 11.9 Å². The molecule has 2 unspecified atom stereocenters. The van der Waals surface area contributed by atoms with E-state index in [1.54, 1.807) is 0 Å². The van der Waals surface area contributed by atoms with Crippen LogP contribution in [0.1, 0.15) is 11.7 Å². The van der Waals surface area contributed by atoms with Crippen molar-refractivity contribution < 1.29 is 19.3 Å². The summed E-state index contributed by atoms with van der Waals surface area (Å²) in [6, 6.07) is 1.07. The molecule has 2 N–H and O–H groups in total. The summed E-state index contributed by atoms with van der Waals surface area (Å²) in [7, 11) is 1.35. The minimum absolute atomic E-state index is 0.0564. The van der Waals surface area contributed by atoms with Gasteiger partial charge in [0.15, 0.2) is 0 Å². The van der Waals surface area contributed by atoms with E-state index in [0.29, 0.717) is 0 Å². The molecule has 84 valence electrons. The fourth-order valence-electron chi connectivity index (χ4n) is 1.13. The highest BCUT2D eigenvalue weighted by atomic mass is 32.1. The van der Waals surface area contributed by atoms with Crippen LogP contribution >= 0.6 is 12.6 Å². The number of thiol groups is 1. The Kier molecular flexibility index (Phi) is 4.31. The Morgan fingerprint density at radius 2 is 2.27 bits per heavy atom. The van der Waals surface area contributed by atoms with Crippen LogP contribution in [0.5, 0.6) is 5.88 Å². The molecular formula is C9H12FNO3S. The molecule has 0 saturated heterocycles. The van der Waals surface area contributed by atoms with E-state index in [1.165, 1.54) is 7.11 Å². The summed E-state index contributed by atoms with van der Waals surface area (Å²) in [5, 5.41) is 19.0. The Hall–Kier alpha value is -0.850. The molecule has 0 aliphatic carbocycles. The number of methoxy groups -OCH3 is 1.